The molecule has 1 aromatic carbocycles. The van der Waals surface area contributed by atoms with Gasteiger partial charge in [0.1, 0.15) is 16.6 Å². The molecule has 0 aliphatic heterocycles. The van der Waals surface area contributed by atoms with Gasteiger partial charge in [0, 0.05) is 4.88 Å². The van der Waals surface area contributed by atoms with Gasteiger partial charge in [-0.3, -0.25) is 0 Å². The average Bonchev–Trinajstić information content (AvgIpc) is 2.73. The maximum absolute atomic E-state index is 13.8. The molecule has 0 saturated heterocycles. The molecule has 4 heteroatoms. The molecule has 102 valence electrons. The van der Waals surface area contributed by atoms with E-state index in [-0.39, 0.29) is 11.5 Å². The highest BCUT2D eigenvalue weighted by atomic mass is 32.1. The third-order valence-electron chi connectivity index (χ3n) is 2.93. The van der Waals surface area contributed by atoms with Crippen molar-refractivity contribution < 1.29 is 8.78 Å². The minimum absolute atomic E-state index is 0.0127. The summed E-state index contributed by atoms with van der Waals surface area (Å²) < 4.78 is 27.6. The fourth-order valence-electron chi connectivity index (χ4n) is 1.98. The molecule has 0 radical (unpaired) electrons. The van der Waals surface area contributed by atoms with Crippen molar-refractivity contribution in [2.75, 3.05) is 0 Å². The molecule has 0 fully saturated rings. The van der Waals surface area contributed by atoms with Crippen molar-refractivity contribution in [3.63, 3.8) is 0 Å². The summed E-state index contributed by atoms with van der Waals surface area (Å²) in [5.74, 6) is -0.561. The fourth-order valence-corrected chi connectivity index (χ4v) is 3.25. The van der Waals surface area contributed by atoms with Crippen LogP contribution in [0.4, 0.5) is 8.78 Å². The number of hydrogen-bond donors (Lipinski definition) is 0. The first-order valence-electron chi connectivity index (χ1n) is 6.36. The third-order valence-corrected chi connectivity index (χ3v) is 4.32. The molecule has 0 aliphatic rings. The smallest absolute Gasteiger partial charge is 0.136 e. The van der Waals surface area contributed by atoms with Gasteiger partial charge in [0.15, 0.2) is 0 Å². The van der Waals surface area contributed by atoms with Crippen LogP contribution in [0.1, 0.15) is 50.1 Å². The highest BCUT2D eigenvalue weighted by molar-refractivity contribution is 7.15. The Balaban J connectivity index is 2.61. The minimum Gasteiger partial charge on any atom is -0.240 e. The topological polar surface area (TPSA) is 12.9 Å². The van der Waals surface area contributed by atoms with Crippen LogP contribution in [0, 0.1) is 11.6 Å². The number of hydrogen-bond acceptors (Lipinski definition) is 2. The lowest BCUT2D eigenvalue weighted by Crippen LogP contribution is -1.95. The van der Waals surface area contributed by atoms with Crippen LogP contribution in [-0.2, 0) is 0 Å². The van der Waals surface area contributed by atoms with Crippen molar-refractivity contribution in [3.05, 3.63) is 40.4 Å². The van der Waals surface area contributed by atoms with Gasteiger partial charge in [-0.15, -0.1) is 11.3 Å². The van der Waals surface area contributed by atoms with Gasteiger partial charge >= 0.3 is 0 Å². The summed E-state index contributed by atoms with van der Waals surface area (Å²) in [5.41, 5.74) is 0.930. The first-order chi connectivity index (χ1) is 8.91. The fraction of sp³-hybridized carbons (Fsp3) is 0.400. The zero-order chi connectivity index (χ0) is 14.2. The number of thiazole rings is 1. The molecule has 0 amide bonds. The van der Waals surface area contributed by atoms with E-state index in [1.165, 1.54) is 29.5 Å². The van der Waals surface area contributed by atoms with E-state index in [1.807, 2.05) is 13.8 Å². The molecule has 0 saturated carbocycles. The first-order valence-corrected chi connectivity index (χ1v) is 7.18. The number of nitrogens with zero attached hydrogens (tertiary/aromatic N) is 1. The summed E-state index contributed by atoms with van der Waals surface area (Å²) >= 11 is 1.39. The minimum atomic E-state index is -0.556. The van der Waals surface area contributed by atoms with Crippen molar-refractivity contribution >= 4 is 11.3 Å². The van der Waals surface area contributed by atoms with Crippen LogP contribution in [0.5, 0.6) is 0 Å². The Labute approximate surface area is 116 Å². The van der Waals surface area contributed by atoms with Gasteiger partial charge in [-0.05, 0) is 24.0 Å². The summed E-state index contributed by atoms with van der Waals surface area (Å²) in [5, 5.41) is 0.433. The van der Waals surface area contributed by atoms with Crippen molar-refractivity contribution in [1.29, 1.82) is 0 Å². The maximum Gasteiger partial charge on any atom is 0.136 e. The molecule has 19 heavy (non-hydrogen) atoms. The molecule has 2 rings (SSSR count). The zero-order valence-electron chi connectivity index (χ0n) is 11.5. The molecule has 1 nitrogen and oxygen atoms in total. The average molecular weight is 281 g/mol. The van der Waals surface area contributed by atoms with Gasteiger partial charge < -0.3 is 0 Å². The predicted octanol–water partition coefficient (Wildman–Crippen LogP) is 5.34. The zero-order valence-corrected chi connectivity index (χ0v) is 12.3. The van der Waals surface area contributed by atoms with E-state index in [9.17, 15) is 8.78 Å². The SMILES string of the molecule is CC(C)c1nc(-c2c(F)cccc2F)sc1C(C)C. The molecule has 0 unspecified atom stereocenters. The highest BCUT2D eigenvalue weighted by Crippen LogP contribution is 2.37. The highest BCUT2D eigenvalue weighted by Gasteiger charge is 2.21. The normalized spacial score (nSPS) is 11.6. The van der Waals surface area contributed by atoms with Gasteiger partial charge in [0.05, 0.1) is 11.3 Å². The molecule has 2 aromatic rings. The van der Waals surface area contributed by atoms with Crippen LogP contribution >= 0.6 is 11.3 Å². The quantitative estimate of drug-likeness (QED) is 0.740. The van der Waals surface area contributed by atoms with Crippen LogP contribution in [0.3, 0.4) is 0 Å². The van der Waals surface area contributed by atoms with E-state index in [1.54, 1.807) is 0 Å². The number of halogens is 2. The lowest BCUT2D eigenvalue weighted by atomic mass is 10.0. The summed E-state index contributed by atoms with van der Waals surface area (Å²) in [6, 6.07) is 3.91. The Hall–Kier alpha value is -1.29. The Morgan fingerprint density at radius 3 is 2.00 bits per heavy atom. The van der Waals surface area contributed by atoms with E-state index in [4.69, 9.17) is 0 Å². The van der Waals surface area contributed by atoms with Crippen LogP contribution in [-0.4, -0.2) is 4.98 Å². The van der Waals surface area contributed by atoms with Gasteiger partial charge in [-0.1, -0.05) is 33.8 Å². The molecular formula is C15H17F2NS. The monoisotopic (exact) mass is 281 g/mol. The molecule has 0 N–H and O–H groups in total. The Morgan fingerprint density at radius 2 is 1.58 bits per heavy atom. The molecule has 0 spiro atoms. The van der Waals surface area contributed by atoms with E-state index >= 15 is 0 Å². The molecule has 0 bridgehead atoms. The maximum atomic E-state index is 13.8. The molecular weight excluding hydrogens is 264 g/mol. The summed E-state index contributed by atoms with van der Waals surface area (Å²) in [6.45, 7) is 8.23. The molecule has 1 aromatic heterocycles. The van der Waals surface area contributed by atoms with Crippen molar-refractivity contribution in [2.45, 2.75) is 39.5 Å². The first kappa shape index (κ1) is 14.1. The second-order valence-corrected chi connectivity index (χ2v) is 6.21. The second kappa shape index (κ2) is 5.37. The van der Waals surface area contributed by atoms with Gasteiger partial charge in [-0.2, -0.15) is 0 Å². The molecule has 1 heterocycles. The van der Waals surface area contributed by atoms with Crippen LogP contribution in [0.15, 0.2) is 18.2 Å². The van der Waals surface area contributed by atoms with E-state index in [0.717, 1.165) is 10.6 Å². The Morgan fingerprint density at radius 1 is 1.00 bits per heavy atom. The summed E-state index contributed by atoms with van der Waals surface area (Å²) in [7, 11) is 0. The lowest BCUT2D eigenvalue weighted by Gasteiger charge is -2.07. The number of aromatic nitrogens is 1. The Bertz CT molecular complexity index is 542. The summed E-state index contributed by atoms with van der Waals surface area (Å²) in [4.78, 5) is 5.57. The van der Waals surface area contributed by atoms with Crippen LogP contribution in [0.25, 0.3) is 10.6 Å². The predicted molar refractivity (Wildman–Crippen MR) is 75.6 cm³/mol. The van der Waals surface area contributed by atoms with E-state index < -0.39 is 11.6 Å². The molecule has 0 aliphatic carbocycles. The van der Waals surface area contributed by atoms with Gasteiger partial charge in [0.2, 0.25) is 0 Å². The standard InChI is InChI=1S/C15H17F2NS/c1-8(2)13-14(9(3)4)19-15(18-13)12-10(16)6-5-7-11(12)17/h5-9H,1-4H3. The lowest BCUT2D eigenvalue weighted by molar-refractivity contribution is 0.589. The van der Waals surface area contributed by atoms with Crippen molar-refractivity contribution in [3.8, 4) is 10.6 Å². The van der Waals surface area contributed by atoms with Crippen molar-refractivity contribution in [2.24, 2.45) is 0 Å². The second-order valence-electron chi connectivity index (χ2n) is 5.17. The largest absolute Gasteiger partial charge is 0.240 e. The molecule has 0 atom stereocenters. The van der Waals surface area contributed by atoms with Crippen molar-refractivity contribution in [1.82, 2.24) is 4.98 Å². The van der Waals surface area contributed by atoms with Crippen LogP contribution in [0.2, 0.25) is 0 Å². The van der Waals surface area contributed by atoms with E-state index in [2.05, 4.69) is 18.8 Å². The third kappa shape index (κ3) is 2.68. The van der Waals surface area contributed by atoms with Crippen LogP contribution < -0.4 is 0 Å². The number of benzene rings is 1. The Kier molecular flexibility index (Phi) is 3.99. The summed E-state index contributed by atoms with van der Waals surface area (Å²) in [6.07, 6.45) is 0. The van der Waals surface area contributed by atoms with Gasteiger partial charge in [0.25, 0.3) is 0 Å². The number of rotatable bonds is 3. The van der Waals surface area contributed by atoms with Gasteiger partial charge in [-0.25, -0.2) is 13.8 Å². The van der Waals surface area contributed by atoms with E-state index in [0.29, 0.717) is 10.9 Å².